The zero-order valence-corrected chi connectivity index (χ0v) is 16.4. The molecule has 0 spiro atoms. The van der Waals surface area contributed by atoms with Gasteiger partial charge in [-0.3, -0.25) is 19.6 Å². The van der Waals surface area contributed by atoms with Crippen LogP contribution in [0.1, 0.15) is 53.1 Å². The second kappa shape index (κ2) is 10.4. The van der Waals surface area contributed by atoms with Crippen LogP contribution in [-0.2, 0) is 6.42 Å². The van der Waals surface area contributed by atoms with E-state index in [1.807, 2.05) is 26.0 Å². The van der Waals surface area contributed by atoms with Crippen molar-refractivity contribution < 1.29 is 9.59 Å². The van der Waals surface area contributed by atoms with Crippen molar-refractivity contribution in [2.45, 2.75) is 33.1 Å². The van der Waals surface area contributed by atoms with Crippen molar-refractivity contribution >= 4 is 11.8 Å². The van der Waals surface area contributed by atoms with Gasteiger partial charge in [0.2, 0.25) is 0 Å². The fourth-order valence-corrected chi connectivity index (χ4v) is 2.87. The fourth-order valence-electron chi connectivity index (χ4n) is 2.87. The van der Waals surface area contributed by atoms with Gasteiger partial charge < -0.3 is 9.80 Å². The van der Waals surface area contributed by atoms with Crippen LogP contribution in [0.25, 0.3) is 0 Å². The quantitative estimate of drug-likeness (QED) is 0.682. The number of carbonyl (C=O) groups is 2. The lowest BCUT2D eigenvalue weighted by Gasteiger charge is -2.21. The van der Waals surface area contributed by atoms with Gasteiger partial charge >= 0.3 is 0 Å². The molecule has 2 aromatic rings. The summed E-state index contributed by atoms with van der Waals surface area (Å²) in [7, 11) is 1.77. The number of amides is 2. The summed E-state index contributed by atoms with van der Waals surface area (Å²) in [6.45, 7) is 6.06. The van der Waals surface area contributed by atoms with Gasteiger partial charge in [0, 0.05) is 50.8 Å². The number of pyridine rings is 2. The molecular formula is C21H28N4O2. The summed E-state index contributed by atoms with van der Waals surface area (Å²) in [5, 5.41) is 0. The minimum atomic E-state index is -0.118. The second-order valence-electron chi connectivity index (χ2n) is 6.55. The average molecular weight is 368 g/mol. The highest BCUT2D eigenvalue weighted by atomic mass is 16.2. The highest BCUT2D eigenvalue weighted by Crippen LogP contribution is 2.10. The molecule has 0 aliphatic carbocycles. The van der Waals surface area contributed by atoms with E-state index >= 15 is 0 Å². The normalized spacial score (nSPS) is 10.5. The molecular weight excluding hydrogens is 340 g/mol. The molecule has 0 aliphatic heterocycles. The molecule has 144 valence electrons. The maximum absolute atomic E-state index is 12.7. The van der Waals surface area contributed by atoms with Crippen LogP contribution in [0.5, 0.6) is 0 Å². The Labute approximate surface area is 161 Å². The molecule has 0 fully saturated rings. The molecule has 0 radical (unpaired) electrons. The van der Waals surface area contributed by atoms with E-state index in [2.05, 4.69) is 9.97 Å². The molecule has 0 aliphatic rings. The summed E-state index contributed by atoms with van der Waals surface area (Å²) in [5.41, 5.74) is 1.94. The number of aromatic nitrogens is 2. The molecule has 0 unspecified atom stereocenters. The smallest absolute Gasteiger partial charge is 0.272 e. The molecule has 0 aromatic carbocycles. The van der Waals surface area contributed by atoms with E-state index in [1.54, 1.807) is 41.4 Å². The molecule has 0 saturated heterocycles. The van der Waals surface area contributed by atoms with E-state index in [-0.39, 0.29) is 11.8 Å². The lowest BCUT2D eigenvalue weighted by molar-refractivity contribution is 0.0749. The maximum atomic E-state index is 12.7. The summed E-state index contributed by atoms with van der Waals surface area (Å²) in [6, 6.07) is 7.15. The highest BCUT2D eigenvalue weighted by Gasteiger charge is 2.18. The lowest BCUT2D eigenvalue weighted by Crippen LogP contribution is -2.33. The van der Waals surface area contributed by atoms with E-state index in [4.69, 9.17) is 0 Å². The first kappa shape index (κ1) is 20.6. The van der Waals surface area contributed by atoms with Gasteiger partial charge in [0.1, 0.15) is 5.69 Å². The van der Waals surface area contributed by atoms with Crippen LogP contribution in [0.3, 0.4) is 0 Å². The van der Waals surface area contributed by atoms with Gasteiger partial charge in [-0.15, -0.1) is 0 Å². The van der Waals surface area contributed by atoms with E-state index in [0.29, 0.717) is 30.9 Å². The van der Waals surface area contributed by atoms with E-state index in [1.165, 1.54) is 6.20 Å². The third-order valence-corrected chi connectivity index (χ3v) is 4.33. The molecule has 0 bridgehead atoms. The zero-order valence-electron chi connectivity index (χ0n) is 16.4. The molecule has 0 atom stereocenters. The van der Waals surface area contributed by atoms with E-state index in [9.17, 15) is 9.59 Å². The third-order valence-electron chi connectivity index (χ3n) is 4.33. The van der Waals surface area contributed by atoms with Crippen LogP contribution >= 0.6 is 0 Å². The SMILES string of the molecule is CCCN(CCC)C(=O)c1cc(C(=O)N(C)CCc2ccncc2)ccn1. The molecule has 2 heterocycles. The first-order valence-corrected chi connectivity index (χ1v) is 9.46. The number of hydrogen-bond acceptors (Lipinski definition) is 4. The van der Waals surface area contributed by atoms with Gasteiger partial charge in [0.15, 0.2) is 0 Å². The number of hydrogen-bond donors (Lipinski definition) is 0. The fraction of sp³-hybridized carbons (Fsp3) is 0.429. The van der Waals surface area contributed by atoms with E-state index in [0.717, 1.165) is 24.8 Å². The van der Waals surface area contributed by atoms with Crippen LogP contribution < -0.4 is 0 Å². The summed E-state index contributed by atoms with van der Waals surface area (Å²) >= 11 is 0. The van der Waals surface area contributed by atoms with Crippen molar-refractivity contribution in [1.29, 1.82) is 0 Å². The maximum Gasteiger partial charge on any atom is 0.272 e. The molecule has 2 rings (SSSR count). The van der Waals surface area contributed by atoms with Crippen molar-refractivity contribution in [3.8, 4) is 0 Å². The van der Waals surface area contributed by atoms with Crippen molar-refractivity contribution in [2.24, 2.45) is 0 Å². The van der Waals surface area contributed by atoms with Crippen molar-refractivity contribution in [3.63, 3.8) is 0 Å². The Bertz CT molecular complexity index is 743. The van der Waals surface area contributed by atoms with Gasteiger partial charge in [0.25, 0.3) is 11.8 Å². The minimum absolute atomic E-state index is 0.113. The van der Waals surface area contributed by atoms with E-state index < -0.39 is 0 Å². The first-order valence-electron chi connectivity index (χ1n) is 9.46. The molecule has 2 aromatic heterocycles. The molecule has 0 N–H and O–H groups in total. The Balaban J connectivity index is 2.06. The number of likely N-dealkylation sites (N-methyl/N-ethyl adjacent to an activating group) is 1. The van der Waals surface area contributed by atoms with Crippen LogP contribution in [-0.4, -0.2) is 58.3 Å². The van der Waals surface area contributed by atoms with Crippen LogP contribution in [0.15, 0.2) is 42.9 Å². The Hall–Kier alpha value is -2.76. The molecule has 6 nitrogen and oxygen atoms in total. The standard InChI is InChI=1S/C21H28N4O2/c1-4-13-25(14-5-2)21(27)19-16-18(8-12-23-19)20(26)24(3)15-9-17-6-10-22-11-7-17/h6-8,10-12,16H,4-5,9,13-15H2,1-3H3. The van der Waals surface area contributed by atoms with Crippen molar-refractivity contribution in [1.82, 2.24) is 19.8 Å². The third kappa shape index (κ3) is 5.88. The lowest BCUT2D eigenvalue weighted by atomic mass is 10.1. The molecule has 2 amide bonds. The monoisotopic (exact) mass is 368 g/mol. The van der Waals surface area contributed by atoms with Gasteiger partial charge in [-0.25, -0.2) is 0 Å². The average Bonchev–Trinajstić information content (AvgIpc) is 2.71. The molecule has 6 heteroatoms. The summed E-state index contributed by atoms with van der Waals surface area (Å²) in [4.78, 5) is 37.1. The van der Waals surface area contributed by atoms with Crippen molar-refractivity contribution in [2.75, 3.05) is 26.7 Å². The second-order valence-corrected chi connectivity index (χ2v) is 6.55. The van der Waals surface area contributed by atoms with Crippen LogP contribution in [0, 0.1) is 0 Å². The molecule has 27 heavy (non-hydrogen) atoms. The first-order chi connectivity index (χ1) is 13.1. The summed E-state index contributed by atoms with van der Waals surface area (Å²) in [5.74, 6) is -0.231. The minimum Gasteiger partial charge on any atom is -0.341 e. The highest BCUT2D eigenvalue weighted by molar-refractivity contribution is 5.98. The van der Waals surface area contributed by atoms with Gasteiger partial charge in [0.05, 0.1) is 0 Å². The summed E-state index contributed by atoms with van der Waals surface area (Å²) < 4.78 is 0. The Morgan fingerprint density at radius 3 is 2.22 bits per heavy atom. The van der Waals surface area contributed by atoms with Crippen LogP contribution in [0.2, 0.25) is 0 Å². The predicted octanol–water partition coefficient (Wildman–Crippen LogP) is 3.05. The topological polar surface area (TPSA) is 66.4 Å². The van der Waals surface area contributed by atoms with Crippen LogP contribution in [0.4, 0.5) is 0 Å². The predicted molar refractivity (Wildman–Crippen MR) is 106 cm³/mol. The van der Waals surface area contributed by atoms with Gasteiger partial charge in [-0.2, -0.15) is 0 Å². The molecule has 0 saturated carbocycles. The largest absolute Gasteiger partial charge is 0.341 e. The van der Waals surface area contributed by atoms with Gasteiger partial charge in [-0.05, 0) is 49.1 Å². The van der Waals surface area contributed by atoms with Crippen molar-refractivity contribution in [3.05, 3.63) is 59.7 Å². The Kier molecular flexibility index (Phi) is 7.92. The number of nitrogens with zero attached hydrogens (tertiary/aromatic N) is 4. The number of carbonyl (C=O) groups excluding carboxylic acids is 2. The number of rotatable bonds is 9. The Morgan fingerprint density at radius 1 is 0.926 bits per heavy atom. The Morgan fingerprint density at radius 2 is 1.59 bits per heavy atom. The summed E-state index contributed by atoms with van der Waals surface area (Å²) in [6.07, 6.45) is 7.56. The van der Waals surface area contributed by atoms with Gasteiger partial charge in [-0.1, -0.05) is 13.8 Å². The zero-order chi connectivity index (χ0) is 19.6.